The molecule has 0 fully saturated rings. The molecule has 1 aromatic carbocycles. The van der Waals surface area contributed by atoms with Crippen LogP contribution in [0.1, 0.15) is 62.6 Å². The van der Waals surface area contributed by atoms with Gasteiger partial charge in [0.25, 0.3) is 0 Å². The third-order valence-electron chi connectivity index (χ3n) is 6.97. The van der Waals surface area contributed by atoms with Crippen LogP contribution in [0.2, 0.25) is 5.02 Å². The van der Waals surface area contributed by atoms with E-state index in [0.29, 0.717) is 41.2 Å². The Hall–Kier alpha value is -1.96. The zero-order chi connectivity index (χ0) is 23.5. The Labute approximate surface area is 204 Å². The zero-order valence-corrected chi connectivity index (χ0v) is 20.7. The van der Waals surface area contributed by atoms with Gasteiger partial charge in [0.15, 0.2) is 0 Å². The number of unbranched alkanes of at least 4 members (excludes halogenated alkanes) is 1. The molecule has 6 N–H and O–H groups in total. The summed E-state index contributed by atoms with van der Waals surface area (Å²) >= 11 is 6.44. The molecule has 0 radical (unpaired) electrons. The lowest BCUT2D eigenvalue weighted by Gasteiger charge is -2.36. The predicted molar refractivity (Wildman–Crippen MR) is 138 cm³/mol. The molecule has 4 rings (SSSR count). The Bertz CT molecular complexity index is 1090. The van der Waals surface area contributed by atoms with E-state index in [1.54, 1.807) is 5.01 Å². The molecular formula is C25H33ClFN5S. The van der Waals surface area contributed by atoms with Crippen molar-refractivity contribution >= 4 is 40.3 Å². The maximum absolute atomic E-state index is 12.8. The molecule has 2 atom stereocenters. The number of rotatable bonds is 9. The van der Waals surface area contributed by atoms with Gasteiger partial charge in [-0.1, -0.05) is 30.2 Å². The maximum atomic E-state index is 12.8. The fraction of sp³-hybridized carbons (Fsp3) is 0.480. The minimum atomic E-state index is 0.195. The van der Waals surface area contributed by atoms with Crippen LogP contribution in [0, 0.1) is 5.92 Å². The average molecular weight is 490 g/mol. The van der Waals surface area contributed by atoms with E-state index in [2.05, 4.69) is 6.08 Å². The first-order valence-corrected chi connectivity index (χ1v) is 13.0. The van der Waals surface area contributed by atoms with E-state index in [-0.39, 0.29) is 17.9 Å². The van der Waals surface area contributed by atoms with E-state index < -0.39 is 0 Å². The summed E-state index contributed by atoms with van der Waals surface area (Å²) in [5.74, 6) is 7.31. The van der Waals surface area contributed by atoms with Crippen molar-refractivity contribution in [3.8, 4) is 0 Å². The van der Waals surface area contributed by atoms with Crippen molar-refractivity contribution in [2.24, 2.45) is 17.5 Å². The monoisotopic (exact) mass is 489 g/mol. The van der Waals surface area contributed by atoms with Crippen molar-refractivity contribution in [2.75, 3.05) is 18.0 Å². The van der Waals surface area contributed by atoms with Gasteiger partial charge in [-0.15, -0.1) is 0 Å². The molecule has 2 aromatic rings. The Morgan fingerprint density at radius 3 is 2.88 bits per heavy atom. The smallest absolute Gasteiger partial charge is 0.0741 e. The summed E-state index contributed by atoms with van der Waals surface area (Å²) in [6.07, 6.45) is 9.26. The number of nitrogens with two attached hydrogens (primary N) is 3. The number of allylic oxidation sites excluding steroid dienone is 3. The molecule has 0 amide bonds. The van der Waals surface area contributed by atoms with E-state index in [0.717, 1.165) is 60.8 Å². The second kappa shape index (κ2) is 10.5. The van der Waals surface area contributed by atoms with Crippen LogP contribution in [0.5, 0.6) is 0 Å². The highest BCUT2D eigenvalue weighted by molar-refractivity contribution is 7.94. The lowest BCUT2D eigenvalue weighted by Crippen LogP contribution is -2.34. The van der Waals surface area contributed by atoms with Gasteiger partial charge < -0.3 is 16.5 Å². The molecule has 178 valence electrons. The zero-order valence-electron chi connectivity index (χ0n) is 19.1. The van der Waals surface area contributed by atoms with Gasteiger partial charge in [0, 0.05) is 39.6 Å². The average Bonchev–Trinajstić information content (AvgIpc) is 2.79. The quantitative estimate of drug-likeness (QED) is 0.173. The number of fused-ring (bicyclic) bond motifs is 5. The van der Waals surface area contributed by atoms with Crippen molar-refractivity contribution in [2.45, 2.75) is 57.8 Å². The Kier molecular flexibility index (Phi) is 7.72. The number of aromatic nitrogens is 1. The topological polar surface area (TPSA) is 94.2 Å². The molecule has 2 unspecified atom stereocenters. The van der Waals surface area contributed by atoms with Crippen LogP contribution in [-0.4, -0.2) is 22.3 Å². The van der Waals surface area contributed by atoms with Crippen LogP contribution < -0.4 is 17.3 Å². The largest absolute Gasteiger partial charge is 0.401 e. The number of hydrogen-bond acceptors (Lipinski definition) is 6. The molecule has 2 aliphatic carbocycles. The molecule has 2 bridgehead atoms. The summed E-state index contributed by atoms with van der Waals surface area (Å²) < 4.78 is 12.8. The minimum absolute atomic E-state index is 0.195. The van der Waals surface area contributed by atoms with Crippen LogP contribution in [0.25, 0.3) is 10.9 Å². The van der Waals surface area contributed by atoms with Gasteiger partial charge in [-0.05, 0) is 75.0 Å². The van der Waals surface area contributed by atoms with Gasteiger partial charge in [0.1, 0.15) is 0 Å². The van der Waals surface area contributed by atoms with Crippen molar-refractivity contribution in [3.63, 3.8) is 0 Å². The van der Waals surface area contributed by atoms with E-state index in [9.17, 15) is 3.89 Å². The number of hydrogen-bond donors (Lipinski definition) is 3. The predicted octanol–water partition coefficient (Wildman–Crippen LogP) is 5.99. The summed E-state index contributed by atoms with van der Waals surface area (Å²) in [6, 6.07) is 5.77. The van der Waals surface area contributed by atoms with Gasteiger partial charge in [-0.2, -0.15) is 3.89 Å². The molecule has 0 aliphatic heterocycles. The number of halogens is 2. The molecule has 2 aliphatic rings. The van der Waals surface area contributed by atoms with Gasteiger partial charge in [0.05, 0.1) is 29.1 Å². The molecule has 8 heteroatoms. The standard InChI is InChI=1S/C25H33ClFN5S/c1-2-20(28)23(14-33-27)32(30)8-4-3-5-15-9-16-11-17(10-15)24-22(12-16)31-21-13-18(26)6-7-19(21)25(24)29/h6-7,9,13,16-17H,2-5,8,10-12,14,28,30H2,1H3,(H2,29,31)/b23-20-. The highest BCUT2D eigenvalue weighted by Gasteiger charge is 2.33. The van der Waals surface area contributed by atoms with E-state index in [1.807, 2.05) is 25.1 Å². The first-order valence-electron chi connectivity index (χ1n) is 11.7. The van der Waals surface area contributed by atoms with Gasteiger partial charge in [-0.3, -0.25) is 4.98 Å². The molecule has 0 spiro atoms. The molecule has 0 saturated heterocycles. The van der Waals surface area contributed by atoms with E-state index in [1.165, 1.54) is 11.1 Å². The normalized spacial score (nSPS) is 20.3. The maximum Gasteiger partial charge on any atom is 0.0741 e. The van der Waals surface area contributed by atoms with Crippen LogP contribution in [0.3, 0.4) is 0 Å². The van der Waals surface area contributed by atoms with Gasteiger partial charge >= 0.3 is 0 Å². The molecule has 33 heavy (non-hydrogen) atoms. The summed E-state index contributed by atoms with van der Waals surface area (Å²) in [6.45, 7) is 2.63. The first-order chi connectivity index (χ1) is 15.9. The fourth-order valence-corrected chi connectivity index (χ4v) is 5.98. The van der Waals surface area contributed by atoms with Gasteiger partial charge in [-0.25, -0.2) is 5.84 Å². The second-order valence-electron chi connectivity index (χ2n) is 9.20. The molecule has 1 heterocycles. The summed E-state index contributed by atoms with van der Waals surface area (Å²) in [5, 5.41) is 3.31. The number of nitrogens with zero attached hydrogens (tertiary/aromatic N) is 2. The Balaban J connectivity index is 1.39. The lowest BCUT2D eigenvalue weighted by molar-refractivity contribution is 0.344. The summed E-state index contributed by atoms with van der Waals surface area (Å²) in [4.78, 5) is 4.94. The highest BCUT2D eigenvalue weighted by atomic mass is 35.5. The van der Waals surface area contributed by atoms with Crippen molar-refractivity contribution in [3.05, 3.63) is 57.5 Å². The van der Waals surface area contributed by atoms with Crippen LogP contribution in [-0.2, 0) is 6.42 Å². The molecule has 1 aromatic heterocycles. The fourth-order valence-electron chi connectivity index (χ4n) is 5.36. The third-order valence-corrected chi connectivity index (χ3v) is 7.59. The minimum Gasteiger partial charge on any atom is -0.401 e. The van der Waals surface area contributed by atoms with E-state index in [4.69, 9.17) is 33.9 Å². The number of anilines is 1. The lowest BCUT2D eigenvalue weighted by atomic mass is 9.70. The number of hydrazine groups is 1. The second-order valence-corrected chi connectivity index (χ2v) is 10.1. The molecular weight excluding hydrogens is 457 g/mol. The molecule has 0 saturated carbocycles. The van der Waals surface area contributed by atoms with Crippen molar-refractivity contribution in [1.29, 1.82) is 0 Å². The number of pyridine rings is 1. The SMILES string of the molecule is CC/C(N)=C(\CSF)N(N)CCCCC1=CC2Cc3nc4cc(Cl)ccc4c(N)c3C(C1)C2. The van der Waals surface area contributed by atoms with Crippen LogP contribution in [0.4, 0.5) is 9.57 Å². The van der Waals surface area contributed by atoms with Crippen LogP contribution >= 0.6 is 23.7 Å². The Morgan fingerprint density at radius 1 is 1.30 bits per heavy atom. The molecule has 5 nitrogen and oxygen atoms in total. The van der Waals surface area contributed by atoms with Gasteiger partial charge in [0.2, 0.25) is 0 Å². The van der Waals surface area contributed by atoms with Crippen molar-refractivity contribution in [1.82, 2.24) is 9.99 Å². The third kappa shape index (κ3) is 5.26. The highest BCUT2D eigenvalue weighted by Crippen LogP contribution is 2.47. The van der Waals surface area contributed by atoms with Crippen molar-refractivity contribution < 1.29 is 3.89 Å². The number of benzene rings is 1. The Morgan fingerprint density at radius 2 is 2.12 bits per heavy atom. The number of nitrogen functional groups attached to an aromatic ring is 1. The summed E-state index contributed by atoms with van der Waals surface area (Å²) in [7, 11) is 0. The van der Waals surface area contributed by atoms with Crippen LogP contribution in [0.15, 0.2) is 41.2 Å². The van der Waals surface area contributed by atoms with E-state index >= 15 is 0 Å². The first kappa shape index (κ1) is 24.2. The summed E-state index contributed by atoms with van der Waals surface area (Å²) in [5.41, 5.74) is 19.7.